The van der Waals surface area contributed by atoms with Crippen LogP contribution in [0.25, 0.3) is 0 Å². The van der Waals surface area contributed by atoms with Crippen LogP contribution in [0.4, 0.5) is 0 Å². The van der Waals surface area contributed by atoms with Gasteiger partial charge in [-0.2, -0.15) is 5.10 Å². The molecule has 0 amide bonds. The van der Waals surface area contributed by atoms with Crippen LogP contribution in [0.1, 0.15) is 51.4 Å². The van der Waals surface area contributed by atoms with Crippen molar-refractivity contribution >= 4 is 0 Å². The average Bonchev–Trinajstić information content (AvgIpc) is 2.56. The lowest BCUT2D eigenvalue weighted by Crippen LogP contribution is -2.34. The fraction of sp³-hybridized carbons (Fsp3) is 0.769. The van der Waals surface area contributed by atoms with Crippen molar-refractivity contribution in [1.29, 1.82) is 0 Å². The lowest BCUT2D eigenvalue weighted by molar-refractivity contribution is 0.360. The van der Waals surface area contributed by atoms with Crippen LogP contribution in [-0.4, -0.2) is 15.8 Å². The van der Waals surface area contributed by atoms with E-state index in [0.717, 1.165) is 5.69 Å². The predicted molar refractivity (Wildman–Crippen MR) is 68.4 cm³/mol. The van der Waals surface area contributed by atoms with Crippen LogP contribution in [0.3, 0.4) is 0 Å². The molecule has 92 valence electrons. The van der Waals surface area contributed by atoms with Crippen LogP contribution in [0.15, 0.2) is 6.20 Å². The van der Waals surface area contributed by atoms with E-state index in [1.165, 1.54) is 12.0 Å². The number of hydrogen-bond donors (Lipinski definition) is 1. The Morgan fingerprint density at radius 1 is 1.38 bits per heavy atom. The summed E-state index contributed by atoms with van der Waals surface area (Å²) in [6.07, 6.45) is 3.32. The Bertz CT molecular complexity index is 330. The first-order valence-electron chi connectivity index (χ1n) is 6.21. The van der Waals surface area contributed by atoms with E-state index in [4.69, 9.17) is 0 Å². The minimum atomic E-state index is 0.373. The van der Waals surface area contributed by atoms with E-state index in [1.54, 1.807) is 0 Å². The van der Waals surface area contributed by atoms with E-state index in [2.05, 4.69) is 51.2 Å². The van der Waals surface area contributed by atoms with Crippen molar-refractivity contribution in [3.05, 3.63) is 17.5 Å². The standard InChI is InChI=1S/C13H25N3/c1-7-9(2)10(3)14-11(4)13-8-16(6)15-12(13)5/h8-11,14H,7H2,1-6H3. The summed E-state index contributed by atoms with van der Waals surface area (Å²) in [6.45, 7) is 11.1. The molecule has 0 aromatic carbocycles. The monoisotopic (exact) mass is 223 g/mol. The van der Waals surface area contributed by atoms with Gasteiger partial charge in [0.25, 0.3) is 0 Å². The van der Waals surface area contributed by atoms with Gasteiger partial charge < -0.3 is 5.32 Å². The number of nitrogens with zero attached hydrogens (tertiary/aromatic N) is 2. The molecule has 1 aromatic rings. The van der Waals surface area contributed by atoms with Gasteiger partial charge in [-0.3, -0.25) is 4.68 Å². The van der Waals surface area contributed by atoms with Gasteiger partial charge in [-0.1, -0.05) is 20.3 Å². The first-order chi connectivity index (χ1) is 7.45. The minimum Gasteiger partial charge on any atom is -0.307 e. The zero-order chi connectivity index (χ0) is 12.3. The molecule has 0 saturated heterocycles. The molecule has 0 bridgehead atoms. The number of hydrogen-bond acceptors (Lipinski definition) is 2. The molecule has 16 heavy (non-hydrogen) atoms. The lowest BCUT2D eigenvalue weighted by atomic mass is 9.99. The highest BCUT2D eigenvalue weighted by Gasteiger charge is 2.16. The molecule has 3 atom stereocenters. The van der Waals surface area contributed by atoms with E-state index < -0.39 is 0 Å². The number of aromatic nitrogens is 2. The molecular formula is C13H25N3. The molecule has 1 heterocycles. The van der Waals surface area contributed by atoms with Gasteiger partial charge in [-0.25, -0.2) is 0 Å². The normalized spacial score (nSPS) is 17.1. The summed E-state index contributed by atoms with van der Waals surface area (Å²) in [7, 11) is 1.97. The van der Waals surface area contributed by atoms with Gasteiger partial charge in [0.2, 0.25) is 0 Å². The summed E-state index contributed by atoms with van der Waals surface area (Å²) in [5.74, 6) is 0.708. The molecule has 3 unspecified atom stereocenters. The van der Waals surface area contributed by atoms with Crippen molar-refractivity contribution in [3.8, 4) is 0 Å². The van der Waals surface area contributed by atoms with Gasteiger partial charge in [0.05, 0.1) is 5.69 Å². The molecule has 3 heteroatoms. The maximum atomic E-state index is 4.38. The fourth-order valence-corrected chi connectivity index (χ4v) is 2.04. The highest BCUT2D eigenvalue weighted by Crippen LogP contribution is 2.18. The lowest BCUT2D eigenvalue weighted by Gasteiger charge is -2.24. The largest absolute Gasteiger partial charge is 0.307 e. The van der Waals surface area contributed by atoms with Gasteiger partial charge in [0.15, 0.2) is 0 Å². The average molecular weight is 223 g/mol. The fourth-order valence-electron chi connectivity index (χ4n) is 2.04. The second kappa shape index (κ2) is 5.48. The van der Waals surface area contributed by atoms with Crippen molar-refractivity contribution in [2.75, 3.05) is 0 Å². The summed E-state index contributed by atoms with van der Waals surface area (Å²) in [4.78, 5) is 0. The second-order valence-electron chi connectivity index (χ2n) is 4.91. The maximum absolute atomic E-state index is 4.38. The topological polar surface area (TPSA) is 29.9 Å². The predicted octanol–water partition coefficient (Wildman–Crippen LogP) is 2.81. The molecule has 0 radical (unpaired) electrons. The van der Waals surface area contributed by atoms with Gasteiger partial charge in [0.1, 0.15) is 0 Å². The minimum absolute atomic E-state index is 0.373. The van der Waals surface area contributed by atoms with Crippen LogP contribution < -0.4 is 5.32 Å². The van der Waals surface area contributed by atoms with Gasteiger partial charge in [-0.15, -0.1) is 0 Å². The van der Waals surface area contributed by atoms with Crippen molar-refractivity contribution in [2.45, 2.75) is 53.1 Å². The molecule has 0 aliphatic heterocycles. The molecule has 0 fully saturated rings. The third kappa shape index (κ3) is 3.08. The van der Waals surface area contributed by atoms with Crippen LogP contribution in [-0.2, 0) is 7.05 Å². The summed E-state index contributed by atoms with van der Waals surface area (Å²) in [5, 5.41) is 8.03. The van der Waals surface area contributed by atoms with E-state index >= 15 is 0 Å². The van der Waals surface area contributed by atoms with Crippen molar-refractivity contribution in [1.82, 2.24) is 15.1 Å². The third-order valence-corrected chi connectivity index (χ3v) is 3.53. The number of nitrogens with one attached hydrogen (secondary N) is 1. The number of rotatable bonds is 5. The Kier molecular flexibility index (Phi) is 4.54. The first-order valence-corrected chi connectivity index (χ1v) is 6.21. The second-order valence-corrected chi connectivity index (χ2v) is 4.91. The van der Waals surface area contributed by atoms with Crippen LogP contribution in [0.2, 0.25) is 0 Å². The third-order valence-electron chi connectivity index (χ3n) is 3.53. The molecule has 1 rings (SSSR count). The molecule has 1 aromatic heterocycles. The summed E-state index contributed by atoms with van der Waals surface area (Å²) >= 11 is 0. The van der Waals surface area contributed by atoms with Gasteiger partial charge >= 0.3 is 0 Å². The Labute approximate surface area is 99.2 Å². The zero-order valence-electron chi connectivity index (χ0n) is 11.4. The Morgan fingerprint density at radius 3 is 2.44 bits per heavy atom. The van der Waals surface area contributed by atoms with Crippen LogP contribution >= 0.6 is 0 Å². The van der Waals surface area contributed by atoms with E-state index in [0.29, 0.717) is 18.0 Å². The molecule has 1 N–H and O–H groups in total. The molecule has 0 aliphatic carbocycles. The smallest absolute Gasteiger partial charge is 0.0641 e. The van der Waals surface area contributed by atoms with Gasteiger partial charge in [0, 0.05) is 30.9 Å². The highest BCUT2D eigenvalue weighted by molar-refractivity contribution is 5.19. The van der Waals surface area contributed by atoms with Gasteiger partial charge in [-0.05, 0) is 26.7 Å². The number of aryl methyl sites for hydroxylation is 2. The van der Waals surface area contributed by atoms with E-state index in [-0.39, 0.29) is 0 Å². The molecule has 3 nitrogen and oxygen atoms in total. The van der Waals surface area contributed by atoms with E-state index in [9.17, 15) is 0 Å². The zero-order valence-corrected chi connectivity index (χ0v) is 11.4. The molecule has 0 spiro atoms. The van der Waals surface area contributed by atoms with Crippen molar-refractivity contribution in [2.24, 2.45) is 13.0 Å². The van der Waals surface area contributed by atoms with Crippen LogP contribution in [0, 0.1) is 12.8 Å². The van der Waals surface area contributed by atoms with E-state index in [1.807, 2.05) is 11.7 Å². The quantitative estimate of drug-likeness (QED) is 0.832. The Balaban J connectivity index is 2.65. The SMILES string of the molecule is CCC(C)C(C)NC(C)c1cn(C)nc1C. The summed E-state index contributed by atoms with van der Waals surface area (Å²) < 4.78 is 1.89. The highest BCUT2D eigenvalue weighted by atomic mass is 15.3. The Morgan fingerprint density at radius 2 is 2.00 bits per heavy atom. The summed E-state index contributed by atoms with van der Waals surface area (Å²) in [6, 6.07) is 0.914. The van der Waals surface area contributed by atoms with Crippen molar-refractivity contribution < 1.29 is 0 Å². The Hall–Kier alpha value is -0.830. The molecular weight excluding hydrogens is 198 g/mol. The first kappa shape index (κ1) is 13.2. The maximum Gasteiger partial charge on any atom is 0.0641 e. The summed E-state index contributed by atoms with van der Waals surface area (Å²) in [5.41, 5.74) is 2.43. The molecule has 0 saturated carbocycles. The van der Waals surface area contributed by atoms with Crippen molar-refractivity contribution in [3.63, 3.8) is 0 Å². The van der Waals surface area contributed by atoms with Crippen LogP contribution in [0.5, 0.6) is 0 Å². The molecule has 0 aliphatic rings.